The highest BCUT2D eigenvalue weighted by Crippen LogP contribution is 2.51. The third-order valence-corrected chi connectivity index (χ3v) is 4.44. The van der Waals surface area contributed by atoms with Crippen LogP contribution in [0.5, 0.6) is 0 Å². The number of carboxylic acids is 1. The quantitative estimate of drug-likeness (QED) is 0.926. The molecule has 4 nitrogen and oxygen atoms in total. The third-order valence-electron chi connectivity index (χ3n) is 4.44. The van der Waals surface area contributed by atoms with Crippen molar-refractivity contribution in [2.45, 2.75) is 30.3 Å². The Balaban J connectivity index is 1.84. The molecule has 0 aromatic heterocycles. The summed E-state index contributed by atoms with van der Waals surface area (Å²) in [7, 11) is 0. The van der Waals surface area contributed by atoms with Crippen LogP contribution in [0.1, 0.15) is 24.8 Å². The zero-order valence-electron chi connectivity index (χ0n) is 11.3. The summed E-state index contributed by atoms with van der Waals surface area (Å²) in [6, 6.07) is 6.07. The van der Waals surface area contributed by atoms with Crippen molar-refractivity contribution in [1.29, 1.82) is 0 Å². The third kappa shape index (κ3) is 2.09. The first-order chi connectivity index (χ1) is 9.89. The van der Waals surface area contributed by atoms with E-state index in [1.807, 2.05) is 0 Å². The normalized spacial score (nSPS) is 26.7. The number of likely N-dealkylation sites (tertiary alicyclic amines) is 1. The van der Waals surface area contributed by atoms with Crippen LogP contribution in [0.4, 0.5) is 8.78 Å². The predicted molar refractivity (Wildman–Crippen MR) is 70.0 cm³/mol. The Morgan fingerprint density at radius 3 is 2.38 bits per heavy atom. The summed E-state index contributed by atoms with van der Waals surface area (Å²) in [6.07, 6.45) is 0.798. The van der Waals surface area contributed by atoms with Crippen LogP contribution in [-0.4, -0.2) is 40.6 Å². The first kappa shape index (κ1) is 14.0. The van der Waals surface area contributed by atoms with Gasteiger partial charge in [0.2, 0.25) is 11.6 Å². The van der Waals surface area contributed by atoms with Gasteiger partial charge >= 0.3 is 5.97 Å². The number of amides is 1. The van der Waals surface area contributed by atoms with E-state index in [-0.39, 0.29) is 18.9 Å². The van der Waals surface area contributed by atoms with Gasteiger partial charge in [-0.2, -0.15) is 0 Å². The van der Waals surface area contributed by atoms with E-state index in [2.05, 4.69) is 0 Å². The largest absolute Gasteiger partial charge is 0.479 e. The lowest BCUT2D eigenvalue weighted by atomic mass is 9.94. The molecule has 1 heterocycles. The number of hydrogen-bond acceptors (Lipinski definition) is 2. The molecule has 2 aliphatic rings. The van der Waals surface area contributed by atoms with Gasteiger partial charge in [-0.15, -0.1) is 0 Å². The van der Waals surface area contributed by atoms with Crippen molar-refractivity contribution in [2.75, 3.05) is 13.1 Å². The van der Waals surface area contributed by atoms with Crippen LogP contribution in [0.15, 0.2) is 24.3 Å². The molecule has 21 heavy (non-hydrogen) atoms. The second-order valence-corrected chi connectivity index (χ2v) is 5.81. The average Bonchev–Trinajstić information content (AvgIpc) is 3.15. The van der Waals surface area contributed by atoms with E-state index in [1.165, 1.54) is 11.0 Å². The number of aliphatic carboxylic acids is 1. The monoisotopic (exact) mass is 295 g/mol. The first-order valence-electron chi connectivity index (χ1n) is 6.86. The van der Waals surface area contributed by atoms with Gasteiger partial charge in [0, 0.05) is 18.5 Å². The molecule has 3 rings (SSSR count). The molecule has 1 aromatic rings. The SMILES string of the molecule is O=C(O)C1(F)CCN(C(=O)C2(c3ccccc3F)CC2)C1. The van der Waals surface area contributed by atoms with Crippen LogP contribution >= 0.6 is 0 Å². The van der Waals surface area contributed by atoms with Gasteiger partial charge < -0.3 is 10.0 Å². The highest BCUT2D eigenvalue weighted by atomic mass is 19.1. The van der Waals surface area contributed by atoms with Gasteiger partial charge in [-0.05, 0) is 18.9 Å². The van der Waals surface area contributed by atoms with Gasteiger partial charge in [0.15, 0.2) is 0 Å². The van der Waals surface area contributed by atoms with Crippen LogP contribution in [0, 0.1) is 5.82 Å². The number of carbonyl (C=O) groups is 2. The molecule has 1 saturated carbocycles. The molecule has 0 spiro atoms. The molecule has 1 aromatic carbocycles. The Morgan fingerprint density at radius 2 is 1.86 bits per heavy atom. The molecular weight excluding hydrogens is 280 g/mol. The van der Waals surface area contributed by atoms with E-state index in [0.717, 1.165) is 0 Å². The van der Waals surface area contributed by atoms with E-state index in [0.29, 0.717) is 18.4 Å². The maximum atomic E-state index is 14.1. The highest BCUT2D eigenvalue weighted by Gasteiger charge is 2.57. The van der Waals surface area contributed by atoms with E-state index in [9.17, 15) is 18.4 Å². The molecule has 1 amide bonds. The fraction of sp³-hybridized carbons (Fsp3) is 0.467. The molecule has 0 radical (unpaired) electrons. The zero-order chi connectivity index (χ0) is 15.3. The van der Waals surface area contributed by atoms with Gasteiger partial charge in [-0.25, -0.2) is 13.6 Å². The van der Waals surface area contributed by atoms with Crippen LogP contribution in [-0.2, 0) is 15.0 Å². The minimum absolute atomic E-state index is 0.0534. The van der Waals surface area contributed by atoms with Crippen LogP contribution in [0.3, 0.4) is 0 Å². The lowest BCUT2D eigenvalue weighted by Crippen LogP contribution is -2.42. The maximum Gasteiger partial charge on any atom is 0.343 e. The topological polar surface area (TPSA) is 57.6 Å². The summed E-state index contributed by atoms with van der Waals surface area (Å²) in [5.41, 5.74) is -3.00. The standard InChI is InChI=1S/C15H15F2NO3/c16-11-4-2-1-3-10(11)14(5-6-14)12(19)18-8-7-15(17,9-18)13(20)21/h1-4H,5-9H2,(H,20,21). The minimum Gasteiger partial charge on any atom is -0.479 e. The fourth-order valence-corrected chi connectivity index (χ4v) is 3.00. The van der Waals surface area contributed by atoms with Gasteiger partial charge in [0.25, 0.3) is 0 Å². The molecule has 1 aliphatic carbocycles. The number of benzene rings is 1. The maximum absolute atomic E-state index is 14.1. The van der Waals surface area contributed by atoms with Crippen molar-refractivity contribution in [3.05, 3.63) is 35.6 Å². The smallest absolute Gasteiger partial charge is 0.343 e. The van der Waals surface area contributed by atoms with Crippen molar-refractivity contribution in [2.24, 2.45) is 0 Å². The molecule has 1 N–H and O–H groups in total. The van der Waals surface area contributed by atoms with Gasteiger partial charge in [0.1, 0.15) is 5.82 Å². The molecule has 1 aliphatic heterocycles. The van der Waals surface area contributed by atoms with Crippen molar-refractivity contribution in [3.63, 3.8) is 0 Å². The second kappa shape index (κ2) is 4.51. The van der Waals surface area contributed by atoms with Crippen molar-refractivity contribution >= 4 is 11.9 Å². The molecule has 1 unspecified atom stereocenters. The van der Waals surface area contributed by atoms with Crippen LogP contribution in [0.25, 0.3) is 0 Å². The molecule has 1 atom stereocenters. The number of carbonyl (C=O) groups excluding carboxylic acids is 1. The average molecular weight is 295 g/mol. The number of halogens is 2. The van der Waals surface area contributed by atoms with Gasteiger partial charge in [0.05, 0.1) is 12.0 Å². The molecular formula is C15H15F2NO3. The van der Waals surface area contributed by atoms with Crippen molar-refractivity contribution < 1.29 is 23.5 Å². The number of hydrogen-bond donors (Lipinski definition) is 1. The highest BCUT2D eigenvalue weighted by molar-refractivity contribution is 5.92. The lowest BCUT2D eigenvalue weighted by molar-refractivity contribution is -0.150. The molecule has 1 saturated heterocycles. The second-order valence-electron chi connectivity index (χ2n) is 5.81. The Morgan fingerprint density at radius 1 is 1.19 bits per heavy atom. The lowest BCUT2D eigenvalue weighted by Gasteiger charge is -2.24. The molecule has 0 bridgehead atoms. The molecule has 2 fully saturated rings. The predicted octanol–water partition coefficient (Wildman–Crippen LogP) is 1.88. The fourth-order valence-electron chi connectivity index (χ4n) is 3.00. The number of carboxylic acid groups (broad SMARTS) is 1. The number of nitrogens with zero attached hydrogens (tertiary/aromatic N) is 1. The van der Waals surface area contributed by atoms with Crippen LogP contribution < -0.4 is 0 Å². The zero-order valence-corrected chi connectivity index (χ0v) is 11.3. The van der Waals surface area contributed by atoms with E-state index in [4.69, 9.17) is 5.11 Å². The number of rotatable bonds is 3. The number of alkyl halides is 1. The summed E-state index contributed by atoms with van der Waals surface area (Å²) in [5.74, 6) is -2.37. The summed E-state index contributed by atoms with van der Waals surface area (Å²) < 4.78 is 28.0. The van der Waals surface area contributed by atoms with E-state index >= 15 is 0 Å². The summed E-state index contributed by atoms with van der Waals surface area (Å²) in [5, 5.41) is 8.88. The van der Waals surface area contributed by atoms with Crippen molar-refractivity contribution in [1.82, 2.24) is 4.90 Å². The minimum atomic E-state index is -2.39. The van der Waals surface area contributed by atoms with E-state index < -0.39 is 29.4 Å². The Kier molecular flexibility index (Phi) is 3.00. The molecule has 6 heteroatoms. The summed E-state index contributed by atoms with van der Waals surface area (Å²) in [4.78, 5) is 24.7. The van der Waals surface area contributed by atoms with Gasteiger partial charge in [-0.1, -0.05) is 18.2 Å². The van der Waals surface area contributed by atoms with Gasteiger partial charge in [-0.3, -0.25) is 4.79 Å². The Bertz CT molecular complexity index is 615. The Labute approximate surface area is 120 Å². The Hall–Kier alpha value is -1.98. The summed E-state index contributed by atoms with van der Waals surface area (Å²) in [6.45, 7) is -0.408. The molecule has 112 valence electrons. The van der Waals surface area contributed by atoms with E-state index in [1.54, 1.807) is 18.2 Å². The first-order valence-corrected chi connectivity index (χ1v) is 6.86. The van der Waals surface area contributed by atoms with Crippen molar-refractivity contribution in [3.8, 4) is 0 Å². The summed E-state index contributed by atoms with van der Waals surface area (Å²) >= 11 is 0. The van der Waals surface area contributed by atoms with Crippen LogP contribution in [0.2, 0.25) is 0 Å².